The minimum absolute atomic E-state index is 0.0181. The molecule has 0 radical (unpaired) electrons. The highest BCUT2D eigenvalue weighted by molar-refractivity contribution is 6.31. The highest BCUT2D eigenvalue weighted by atomic mass is 35.5. The molecule has 0 aromatic heterocycles. The van der Waals surface area contributed by atoms with Crippen LogP contribution in [0.5, 0.6) is 0 Å². The Labute approximate surface area is 162 Å². The first kappa shape index (κ1) is 19.4. The number of hydrogen-bond acceptors (Lipinski definition) is 4. The van der Waals surface area contributed by atoms with E-state index in [1.54, 1.807) is 9.80 Å². The van der Waals surface area contributed by atoms with Gasteiger partial charge in [0, 0.05) is 43.3 Å². The van der Waals surface area contributed by atoms with Crippen LogP contribution in [0.4, 0.5) is 10.5 Å². The first-order valence-electron chi connectivity index (χ1n) is 9.24. The molecule has 1 aromatic carbocycles. The number of benzene rings is 1. The largest absolute Gasteiger partial charge is 0.335 e. The van der Waals surface area contributed by atoms with Crippen molar-refractivity contribution in [1.29, 1.82) is 0 Å². The summed E-state index contributed by atoms with van der Waals surface area (Å²) < 4.78 is 0. The van der Waals surface area contributed by atoms with E-state index in [4.69, 9.17) is 11.6 Å². The maximum atomic E-state index is 12.7. The van der Waals surface area contributed by atoms with Crippen LogP contribution in [-0.2, 0) is 0 Å². The number of amides is 3. The third-order valence-electron chi connectivity index (χ3n) is 5.17. The fraction of sp³-hybridized carbons (Fsp3) is 0.556. The summed E-state index contributed by atoms with van der Waals surface area (Å²) in [5, 5.41) is 14.5. The molecule has 1 aliphatic carbocycles. The van der Waals surface area contributed by atoms with Gasteiger partial charge in [0.15, 0.2) is 0 Å². The van der Waals surface area contributed by atoms with Crippen LogP contribution in [0.25, 0.3) is 0 Å². The van der Waals surface area contributed by atoms with Gasteiger partial charge in [-0.25, -0.2) is 4.79 Å². The Bertz CT molecular complexity index is 728. The van der Waals surface area contributed by atoms with E-state index in [1.807, 2.05) is 0 Å². The highest BCUT2D eigenvalue weighted by Crippen LogP contribution is 2.25. The van der Waals surface area contributed by atoms with Gasteiger partial charge in [0.25, 0.3) is 11.6 Å². The SMILES string of the molecule is O=C(NC1CCCCC1)N1CCN(C(=O)c2ccc(Cl)cc2[N+](=O)[O-])CC1. The summed E-state index contributed by atoms with van der Waals surface area (Å²) in [7, 11) is 0. The van der Waals surface area contributed by atoms with E-state index in [0.29, 0.717) is 26.2 Å². The van der Waals surface area contributed by atoms with Gasteiger partial charge in [-0.3, -0.25) is 14.9 Å². The monoisotopic (exact) mass is 394 g/mol. The summed E-state index contributed by atoms with van der Waals surface area (Å²) in [4.78, 5) is 38.9. The van der Waals surface area contributed by atoms with Crippen molar-refractivity contribution in [3.05, 3.63) is 38.9 Å². The van der Waals surface area contributed by atoms with Crippen LogP contribution in [0, 0.1) is 10.1 Å². The Balaban J connectivity index is 1.58. The zero-order valence-corrected chi connectivity index (χ0v) is 15.8. The van der Waals surface area contributed by atoms with Crippen molar-refractivity contribution in [3.63, 3.8) is 0 Å². The summed E-state index contributed by atoms with van der Waals surface area (Å²) in [5.41, 5.74) is -0.283. The molecule has 3 amide bonds. The number of nitrogens with zero attached hydrogens (tertiary/aromatic N) is 3. The predicted octanol–water partition coefficient (Wildman–Crippen LogP) is 3.05. The Morgan fingerprint density at radius 1 is 1.07 bits per heavy atom. The van der Waals surface area contributed by atoms with Gasteiger partial charge >= 0.3 is 6.03 Å². The van der Waals surface area contributed by atoms with Crippen molar-refractivity contribution in [2.45, 2.75) is 38.1 Å². The number of hydrogen-bond donors (Lipinski definition) is 1. The van der Waals surface area contributed by atoms with Gasteiger partial charge in [-0.15, -0.1) is 0 Å². The Hall–Kier alpha value is -2.35. The van der Waals surface area contributed by atoms with Crippen molar-refractivity contribution >= 4 is 29.2 Å². The topological polar surface area (TPSA) is 95.8 Å². The number of nitro groups is 1. The van der Waals surface area contributed by atoms with E-state index in [9.17, 15) is 19.7 Å². The third kappa shape index (κ3) is 4.68. The second kappa shape index (κ2) is 8.56. The number of carbonyl (C=O) groups is 2. The van der Waals surface area contributed by atoms with Gasteiger partial charge in [0.05, 0.1) is 4.92 Å². The molecule has 3 rings (SSSR count). The number of urea groups is 1. The molecule has 9 heteroatoms. The zero-order valence-electron chi connectivity index (χ0n) is 15.0. The quantitative estimate of drug-likeness (QED) is 0.629. The lowest BCUT2D eigenvalue weighted by Crippen LogP contribution is -2.54. The molecule has 0 spiro atoms. The second-order valence-corrected chi connectivity index (χ2v) is 7.42. The smallest absolute Gasteiger partial charge is 0.317 e. The standard InChI is InChI=1S/C18H23ClN4O4/c19-13-6-7-15(16(12-13)23(26)27)17(24)21-8-10-22(11-9-21)18(25)20-14-4-2-1-3-5-14/h6-7,12,14H,1-5,8-11H2,(H,20,25). The molecular formula is C18H23ClN4O4. The molecule has 1 heterocycles. The molecule has 1 N–H and O–H groups in total. The molecule has 1 saturated carbocycles. The fourth-order valence-corrected chi connectivity index (χ4v) is 3.80. The summed E-state index contributed by atoms with van der Waals surface area (Å²) in [5.74, 6) is -0.411. The molecule has 1 aromatic rings. The minimum atomic E-state index is -0.604. The predicted molar refractivity (Wildman–Crippen MR) is 101 cm³/mol. The number of piperazine rings is 1. The van der Waals surface area contributed by atoms with Crippen molar-refractivity contribution in [2.24, 2.45) is 0 Å². The van der Waals surface area contributed by atoms with Crippen LogP contribution in [0.2, 0.25) is 5.02 Å². The van der Waals surface area contributed by atoms with E-state index in [1.165, 1.54) is 24.6 Å². The molecule has 0 atom stereocenters. The third-order valence-corrected chi connectivity index (χ3v) is 5.41. The van der Waals surface area contributed by atoms with E-state index < -0.39 is 10.8 Å². The van der Waals surface area contributed by atoms with Crippen LogP contribution in [-0.4, -0.2) is 58.9 Å². The van der Waals surface area contributed by atoms with Crippen molar-refractivity contribution in [1.82, 2.24) is 15.1 Å². The Kier molecular flexibility index (Phi) is 6.15. The number of carbonyl (C=O) groups excluding carboxylic acids is 2. The van der Waals surface area contributed by atoms with Crippen LogP contribution < -0.4 is 5.32 Å². The van der Waals surface area contributed by atoms with Gasteiger partial charge in [-0.2, -0.15) is 0 Å². The minimum Gasteiger partial charge on any atom is -0.335 e. The first-order chi connectivity index (χ1) is 13.0. The Morgan fingerprint density at radius 3 is 2.33 bits per heavy atom. The van der Waals surface area contributed by atoms with E-state index in [0.717, 1.165) is 25.7 Å². The maximum absolute atomic E-state index is 12.7. The average Bonchev–Trinajstić information content (AvgIpc) is 2.68. The van der Waals surface area contributed by atoms with Crippen molar-refractivity contribution in [3.8, 4) is 0 Å². The molecular weight excluding hydrogens is 372 g/mol. The molecule has 2 aliphatic rings. The summed E-state index contributed by atoms with van der Waals surface area (Å²) in [6.07, 6.45) is 5.55. The average molecular weight is 395 g/mol. The molecule has 1 saturated heterocycles. The van der Waals surface area contributed by atoms with Crippen molar-refractivity contribution < 1.29 is 14.5 Å². The van der Waals surface area contributed by atoms with Gasteiger partial charge in [-0.1, -0.05) is 30.9 Å². The van der Waals surface area contributed by atoms with Gasteiger partial charge < -0.3 is 15.1 Å². The lowest BCUT2D eigenvalue weighted by atomic mass is 9.96. The van der Waals surface area contributed by atoms with E-state index in [2.05, 4.69) is 5.32 Å². The van der Waals surface area contributed by atoms with Gasteiger partial charge in [-0.05, 0) is 25.0 Å². The highest BCUT2D eigenvalue weighted by Gasteiger charge is 2.29. The van der Waals surface area contributed by atoms with Crippen LogP contribution >= 0.6 is 11.6 Å². The Morgan fingerprint density at radius 2 is 1.70 bits per heavy atom. The molecule has 2 fully saturated rings. The molecule has 0 bridgehead atoms. The van der Waals surface area contributed by atoms with E-state index >= 15 is 0 Å². The molecule has 0 unspecified atom stereocenters. The maximum Gasteiger partial charge on any atom is 0.317 e. The van der Waals surface area contributed by atoms with Gasteiger partial charge in [0.2, 0.25) is 0 Å². The van der Waals surface area contributed by atoms with E-state index in [-0.39, 0.29) is 28.3 Å². The summed E-state index contributed by atoms with van der Waals surface area (Å²) >= 11 is 5.80. The lowest BCUT2D eigenvalue weighted by molar-refractivity contribution is -0.385. The molecule has 27 heavy (non-hydrogen) atoms. The fourth-order valence-electron chi connectivity index (χ4n) is 3.63. The summed E-state index contributed by atoms with van der Waals surface area (Å²) in [6, 6.07) is 4.18. The van der Waals surface area contributed by atoms with Gasteiger partial charge in [0.1, 0.15) is 5.56 Å². The van der Waals surface area contributed by atoms with Crippen molar-refractivity contribution in [2.75, 3.05) is 26.2 Å². The zero-order chi connectivity index (χ0) is 19.4. The number of nitro benzene ring substituents is 1. The number of nitrogens with one attached hydrogen (secondary N) is 1. The lowest BCUT2D eigenvalue weighted by Gasteiger charge is -2.36. The van der Waals surface area contributed by atoms with Crippen LogP contribution in [0.1, 0.15) is 42.5 Å². The molecule has 146 valence electrons. The van der Waals surface area contributed by atoms with Crippen LogP contribution in [0.3, 0.4) is 0 Å². The second-order valence-electron chi connectivity index (χ2n) is 6.98. The molecule has 8 nitrogen and oxygen atoms in total. The van der Waals surface area contributed by atoms with Crippen LogP contribution in [0.15, 0.2) is 18.2 Å². The first-order valence-corrected chi connectivity index (χ1v) is 9.62. The normalized spacial score (nSPS) is 18.3. The number of rotatable bonds is 3. The number of halogens is 1. The summed E-state index contributed by atoms with van der Waals surface area (Å²) in [6.45, 7) is 1.50. The molecule has 1 aliphatic heterocycles.